The standard InChI is InChI=1S/C24H24N8S/c1-29-7-9-31(10-8-29)20-11-18-12-21(4-5-22(18)25-14-20)33-24-28-27-23-6-3-17(16-32(23)24)19-13-26-30(2)15-19/h3-6,11-16H,7-10H2,1-2H3. The van der Waals surface area contributed by atoms with Crippen LogP contribution >= 0.6 is 11.8 Å². The molecule has 1 fully saturated rings. The zero-order valence-corrected chi connectivity index (χ0v) is 19.4. The molecule has 1 aromatic carbocycles. The number of hydrogen-bond acceptors (Lipinski definition) is 7. The van der Waals surface area contributed by atoms with Gasteiger partial charge >= 0.3 is 0 Å². The first-order chi connectivity index (χ1) is 16.1. The largest absolute Gasteiger partial charge is 0.368 e. The van der Waals surface area contributed by atoms with Gasteiger partial charge in [0.15, 0.2) is 10.8 Å². The Morgan fingerprint density at radius 1 is 0.848 bits per heavy atom. The molecule has 0 bridgehead atoms. The Morgan fingerprint density at radius 2 is 1.73 bits per heavy atom. The fourth-order valence-corrected chi connectivity index (χ4v) is 5.04. The third-order valence-corrected chi connectivity index (χ3v) is 7.08. The van der Waals surface area contributed by atoms with E-state index in [2.05, 4.69) is 68.7 Å². The van der Waals surface area contributed by atoms with Gasteiger partial charge in [0.2, 0.25) is 0 Å². The predicted molar refractivity (Wildman–Crippen MR) is 131 cm³/mol. The highest BCUT2D eigenvalue weighted by Crippen LogP contribution is 2.31. The van der Waals surface area contributed by atoms with Crippen molar-refractivity contribution in [2.75, 3.05) is 38.1 Å². The maximum absolute atomic E-state index is 4.71. The maximum atomic E-state index is 4.71. The van der Waals surface area contributed by atoms with Gasteiger partial charge in [-0.1, -0.05) is 0 Å². The van der Waals surface area contributed by atoms with Gasteiger partial charge in [0, 0.05) is 67.0 Å². The van der Waals surface area contributed by atoms with Crippen molar-refractivity contribution >= 4 is 34.0 Å². The molecule has 0 amide bonds. The molecule has 0 N–H and O–H groups in total. The molecule has 6 rings (SSSR count). The molecule has 9 heteroatoms. The number of aromatic nitrogens is 6. The average Bonchev–Trinajstić information content (AvgIpc) is 3.45. The van der Waals surface area contributed by atoms with Gasteiger partial charge in [-0.05, 0) is 55.2 Å². The van der Waals surface area contributed by atoms with Crippen LogP contribution in [-0.2, 0) is 7.05 Å². The van der Waals surface area contributed by atoms with Crippen molar-refractivity contribution in [3.05, 3.63) is 61.2 Å². The summed E-state index contributed by atoms with van der Waals surface area (Å²) in [7, 11) is 4.10. The summed E-state index contributed by atoms with van der Waals surface area (Å²) >= 11 is 1.61. The Bertz CT molecular complexity index is 1450. The van der Waals surface area contributed by atoms with Crippen LogP contribution in [0.1, 0.15) is 0 Å². The molecule has 0 atom stereocenters. The average molecular weight is 457 g/mol. The zero-order chi connectivity index (χ0) is 22.4. The summed E-state index contributed by atoms with van der Waals surface area (Å²) in [5.74, 6) is 0. The summed E-state index contributed by atoms with van der Waals surface area (Å²) in [6.07, 6.45) is 7.94. The highest BCUT2D eigenvalue weighted by molar-refractivity contribution is 7.99. The number of piperazine rings is 1. The Morgan fingerprint density at radius 3 is 2.55 bits per heavy atom. The molecule has 1 saturated heterocycles. The summed E-state index contributed by atoms with van der Waals surface area (Å²) in [6.45, 7) is 4.22. The van der Waals surface area contributed by atoms with Crippen molar-refractivity contribution < 1.29 is 0 Å². The number of rotatable bonds is 4. The number of likely N-dealkylation sites (N-methyl/N-ethyl adjacent to an activating group) is 1. The predicted octanol–water partition coefficient (Wildman–Crippen LogP) is 3.58. The second kappa shape index (κ2) is 8.17. The Balaban J connectivity index is 1.31. The van der Waals surface area contributed by atoms with Gasteiger partial charge in [-0.25, -0.2) is 0 Å². The Hall–Kier alpha value is -3.43. The topological polar surface area (TPSA) is 67.4 Å². The van der Waals surface area contributed by atoms with Crippen molar-refractivity contribution in [3.63, 3.8) is 0 Å². The van der Waals surface area contributed by atoms with Gasteiger partial charge in [0.1, 0.15) is 0 Å². The summed E-state index contributed by atoms with van der Waals surface area (Å²) < 4.78 is 3.84. The van der Waals surface area contributed by atoms with Crippen molar-refractivity contribution in [1.82, 2.24) is 34.3 Å². The molecule has 1 aliphatic heterocycles. The van der Waals surface area contributed by atoms with Crippen molar-refractivity contribution in [2.45, 2.75) is 10.1 Å². The molecule has 8 nitrogen and oxygen atoms in total. The minimum atomic E-state index is 0.824. The molecule has 0 aliphatic carbocycles. The molecular weight excluding hydrogens is 432 g/mol. The number of pyridine rings is 2. The number of nitrogens with zero attached hydrogens (tertiary/aromatic N) is 8. The van der Waals surface area contributed by atoms with Crippen LogP contribution in [0, 0.1) is 0 Å². The molecule has 166 valence electrons. The van der Waals surface area contributed by atoms with E-state index in [1.807, 2.05) is 36.1 Å². The highest BCUT2D eigenvalue weighted by Gasteiger charge is 2.15. The van der Waals surface area contributed by atoms with Crippen molar-refractivity contribution in [3.8, 4) is 11.1 Å². The minimum Gasteiger partial charge on any atom is -0.368 e. The lowest BCUT2D eigenvalue weighted by Gasteiger charge is -2.33. The van der Waals surface area contributed by atoms with Gasteiger partial charge in [-0.15, -0.1) is 10.2 Å². The smallest absolute Gasteiger partial charge is 0.200 e. The van der Waals surface area contributed by atoms with Gasteiger partial charge in [0.25, 0.3) is 0 Å². The molecule has 5 aromatic rings. The summed E-state index contributed by atoms with van der Waals surface area (Å²) in [5.41, 5.74) is 5.16. The lowest BCUT2D eigenvalue weighted by molar-refractivity contribution is 0.313. The van der Waals surface area contributed by atoms with Gasteiger partial charge in [-0.3, -0.25) is 14.1 Å². The van der Waals surface area contributed by atoms with E-state index in [9.17, 15) is 0 Å². The number of anilines is 1. The normalized spacial score (nSPS) is 15.0. The van der Waals surface area contributed by atoms with Crippen LogP contribution in [0.2, 0.25) is 0 Å². The first-order valence-electron chi connectivity index (χ1n) is 11.0. The summed E-state index contributed by atoms with van der Waals surface area (Å²) in [6, 6.07) is 12.7. The Labute approximate surface area is 195 Å². The van der Waals surface area contributed by atoms with Gasteiger partial charge in [-0.2, -0.15) is 5.10 Å². The maximum Gasteiger partial charge on any atom is 0.200 e. The number of aryl methyl sites for hydroxylation is 1. The van der Waals surface area contributed by atoms with Crippen LogP contribution in [0.4, 0.5) is 5.69 Å². The molecule has 33 heavy (non-hydrogen) atoms. The van der Waals surface area contributed by atoms with E-state index in [-0.39, 0.29) is 0 Å². The van der Waals surface area contributed by atoms with E-state index in [0.29, 0.717) is 0 Å². The summed E-state index contributed by atoms with van der Waals surface area (Å²) in [4.78, 5) is 10.6. The molecule has 1 aliphatic rings. The molecule has 4 aromatic heterocycles. The summed E-state index contributed by atoms with van der Waals surface area (Å²) in [5, 5.41) is 15.0. The van der Waals surface area contributed by atoms with Crippen LogP contribution in [0.25, 0.3) is 27.7 Å². The van der Waals surface area contributed by atoms with E-state index < -0.39 is 0 Å². The SMILES string of the molecule is CN1CCN(c2cnc3ccc(Sc4nnc5ccc(-c6cnn(C)c6)cn45)cc3c2)CC1. The van der Waals surface area contributed by atoms with E-state index in [4.69, 9.17) is 4.98 Å². The monoisotopic (exact) mass is 456 g/mol. The fraction of sp³-hybridized carbons (Fsp3) is 0.250. The lowest BCUT2D eigenvalue weighted by atomic mass is 10.2. The molecule has 0 radical (unpaired) electrons. The van der Waals surface area contributed by atoms with E-state index in [1.165, 1.54) is 5.69 Å². The third kappa shape index (κ3) is 3.94. The molecular formula is C24H24N8S. The van der Waals surface area contributed by atoms with Gasteiger partial charge in [0.05, 0.1) is 23.6 Å². The molecule has 5 heterocycles. The first-order valence-corrected chi connectivity index (χ1v) is 11.8. The number of fused-ring (bicyclic) bond motifs is 2. The molecule has 0 spiro atoms. The van der Waals surface area contributed by atoms with E-state index in [0.717, 1.165) is 63.9 Å². The zero-order valence-electron chi connectivity index (χ0n) is 18.6. The van der Waals surface area contributed by atoms with Crippen molar-refractivity contribution in [2.24, 2.45) is 7.05 Å². The first kappa shape index (κ1) is 20.2. The fourth-order valence-electron chi connectivity index (χ4n) is 4.18. The third-order valence-electron chi connectivity index (χ3n) is 6.13. The van der Waals surface area contributed by atoms with Crippen LogP contribution in [0.3, 0.4) is 0 Å². The Kier molecular flexibility index (Phi) is 5.00. The quantitative estimate of drug-likeness (QED) is 0.409. The molecule has 0 saturated carbocycles. The van der Waals surface area contributed by atoms with Crippen LogP contribution in [0.5, 0.6) is 0 Å². The second-order valence-electron chi connectivity index (χ2n) is 8.47. The highest BCUT2D eigenvalue weighted by atomic mass is 32.2. The van der Waals surface area contributed by atoms with Crippen LogP contribution in [-0.4, -0.2) is 67.5 Å². The van der Waals surface area contributed by atoms with Crippen LogP contribution < -0.4 is 4.90 Å². The van der Waals surface area contributed by atoms with Crippen LogP contribution in [0.15, 0.2) is 71.2 Å². The minimum absolute atomic E-state index is 0.824. The molecule has 0 unspecified atom stereocenters. The number of hydrogen-bond donors (Lipinski definition) is 0. The van der Waals surface area contributed by atoms with Crippen molar-refractivity contribution in [1.29, 1.82) is 0 Å². The van der Waals surface area contributed by atoms with Gasteiger partial charge < -0.3 is 9.80 Å². The lowest BCUT2D eigenvalue weighted by Crippen LogP contribution is -2.44. The second-order valence-corrected chi connectivity index (χ2v) is 9.51. The van der Waals surface area contributed by atoms with E-state index >= 15 is 0 Å². The number of benzene rings is 1. The van der Waals surface area contributed by atoms with E-state index in [1.54, 1.807) is 16.4 Å².